The van der Waals surface area contributed by atoms with Gasteiger partial charge in [-0.15, -0.1) is 0 Å². The van der Waals surface area contributed by atoms with Gasteiger partial charge in [0.05, 0.1) is 13.7 Å². The molecule has 34 heavy (non-hydrogen) atoms. The molecule has 6 nitrogen and oxygen atoms in total. The minimum Gasteiger partial charge on any atom is -0.496 e. The predicted molar refractivity (Wildman–Crippen MR) is 137 cm³/mol. The molecule has 2 aromatic carbocycles. The van der Waals surface area contributed by atoms with E-state index in [0.29, 0.717) is 36.4 Å². The van der Waals surface area contributed by atoms with Gasteiger partial charge < -0.3 is 15.0 Å². The number of thioether (sulfide) groups is 1. The van der Waals surface area contributed by atoms with E-state index in [1.165, 1.54) is 35.7 Å². The number of fused-ring (bicyclic) bond motifs is 1. The minimum atomic E-state index is -0.426. The van der Waals surface area contributed by atoms with E-state index >= 15 is 0 Å². The van der Waals surface area contributed by atoms with Crippen LogP contribution in [0.5, 0.6) is 5.75 Å². The molecule has 0 radical (unpaired) electrons. The molecule has 180 valence electrons. The highest BCUT2D eigenvalue weighted by Crippen LogP contribution is 2.33. The fourth-order valence-electron chi connectivity index (χ4n) is 4.54. The van der Waals surface area contributed by atoms with Gasteiger partial charge >= 0.3 is 0 Å². The molecule has 0 spiro atoms. The summed E-state index contributed by atoms with van der Waals surface area (Å²) in [5.41, 5.74) is 5.00. The zero-order valence-electron chi connectivity index (χ0n) is 20.0. The van der Waals surface area contributed by atoms with Gasteiger partial charge in [0.25, 0.3) is 5.91 Å². The molecule has 0 aromatic heterocycles. The zero-order chi connectivity index (χ0) is 24.1. The summed E-state index contributed by atoms with van der Waals surface area (Å²) in [5.74, 6) is 3.03. The fourth-order valence-corrected chi connectivity index (χ4v) is 5.52. The number of carbonyl (C=O) groups is 2. The molecule has 3 aliphatic rings. The van der Waals surface area contributed by atoms with Crippen molar-refractivity contribution in [2.24, 2.45) is 0 Å². The van der Waals surface area contributed by atoms with Crippen LogP contribution in [-0.4, -0.2) is 59.4 Å². The second-order valence-electron chi connectivity index (χ2n) is 8.94. The van der Waals surface area contributed by atoms with Crippen molar-refractivity contribution in [2.75, 3.05) is 31.7 Å². The Bertz CT molecular complexity index is 1050. The van der Waals surface area contributed by atoms with E-state index in [-0.39, 0.29) is 11.8 Å². The van der Waals surface area contributed by atoms with E-state index in [9.17, 15) is 9.59 Å². The summed E-state index contributed by atoms with van der Waals surface area (Å²) in [4.78, 5) is 28.7. The molecule has 5 rings (SSSR count). The van der Waals surface area contributed by atoms with Crippen LogP contribution in [-0.2, 0) is 17.9 Å². The average molecular weight is 480 g/mol. The van der Waals surface area contributed by atoms with Gasteiger partial charge in [-0.3, -0.25) is 14.5 Å². The van der Waals surface area contributed by atoms with Crippen molar-refractivity contribution in [1.29, 1.82) is 0 Å². The largest absolute Gasteiger partial charge is 0.496 e. The summed E-state index contributed by atoms with van der Waals surface area (Å²) in [6, 6.07) is 13.9. The Hall–Kier alpha value is -2.77. The lowest BCUT2D eigenvalue weighted by Crippen LogP contribution is -2.49. The first-order valence-corrected chi connectivity index (χ1v) is 12.9. The number of hydrogen-bond donors (Lipinski definition) is 1. The van der Waals surface area contributed by atoms with E-state index in [2.05, 4.69) is 59.7 Å². The lowest BCUT2D eigenvalue weighted by molar-refractivity contribution is -0.126. The van der Waals surface area contributed by atoms with Crippen LogP contribution in [0.25, 0.3) is 0 Å². The van der Waals surface area contributed by atoms with E-state index in [4.69, 9.17) is 4.74 Å². The van der Waals surface area contributed by atoms with Gasteiger partial charge in [0.2, 0.25) is 5.91 Å². The summed E-state index contributed by atoms with van der Waals surface area (Å²) in [6.45, 7) is 9.94. The number of ether oxygens (including phenoxy) is 1. The highest BCUT2D eigenvalue weighted by Gasteiger charge is 2.39. The normalized spacial score (nSPS) is 20.4. The average Bonchev–Trinajstić information content (AvgIpc) is 3.18. The number of amides is 2. The van der Waals surface area contributed by atoms with Gasteiger partial charge in [-0.05, 0) is 37.5 Å². The Balaban J connectivity index is 0.000000172. The fraction of sp³-hybridized carbons (Fsp3) is 0.407. The molecule has 1 atom stereocenters. The van der Waals surface area contributed by atoms with Gasteiger partial charge in [0, 0.05) is 48.0 Å². The first-order valence-electron chi connectivity index (χ1n) is 11.8. The first-order chi connectivity index (χ1) is 16.5. The van der Waals surface area contributed by atoms with E-state index in [1.807, 2.05) is 6.07 Å². The Morgan fingerprint density at radius 2 is 1.85 bits per heavy atom. The molecule has 0 saturated carbocycles. The maximum Gasteiger partial charge on any atom is 0.255 e. The Labute approximate surface area is 206 Å². The molecule has 3 aliphatic heterocycles. The van der Waals surface area contributed by atoms with Crippen LogP contribution in [0.15, 0.2) is 54.7 Å². The zero-order valence-corrected chi connectivity index (χ0v) is 20.8. The highest BCUT2D eigenvalue weighted by atomic mass is 32.2. The molecule has 1 unspecified atom stereocenters. The topological polar surface area (TPSA) is 61.9 Å². The van der Waals surface area contributed by atoms with Crippen LogP contribution in [0, 0.1) is 6.92 Å². The van der Waals surface area contributed by atoms with Gasteiger partial charge in [0.1, 0.15) is 11.8 Å². The molecule has 2 fully saturated rings. The molecule has 1 N–H and O–H groups in total. The molecular weight excluding hydrogens is 446 g/mol. The summed E-state index contributed by atoms with van der Waals surface area (Å²) in [7, 11) is 1.58. The molecule has 0 bridgehead atoms. The summed E-state index contributed by atoms with van der Waals surface area (Å²) >= 11 is 2.07. The van der Waals surface area contributed by atoms with Crippen LogP contribution in [0.1, 0.15) is 39.9 Å². The van der Waals surface area contributed by atoms with E-state index in [1.54, 1.807) is 24.1 Å². The molecular formula is C27H33N3O3S. The van der Waals surface area contributed by atoms with Crippen molar-refractivity contribution >= 4 is 23.6 Å². The Morgan fingerprint density at radius 3 is 2.53 bits per heavy atom. The number of nitrogens with one attached hydrogen (secondary N) is 1. The second kappa shape index (κ2) is 11.1. The summed E-state index contributed by atoms with van der Waals surface area (Å²) in [6.07, 6.45) is 1.32. The number of aryl methyl sites for hydroxylation is 1. The van der Waals surface area contributed by atoms with Crippen molar-refractivity contribution in [1.82, 2.24) is 15.1 Å². The number of allylic oxidation sites excluding steroid dienone is 1. The van der Waals surface area contributed by atoms with Gasteiger partial charge in [-0.2, -0.15) is 11.8 Å². The van der Waals surface area contributed by atoms with Crippen molar-refractivity contribution in [3.05, 3.63) is 77.0 Å². The van der Waals surface area contributed by atoms with Crippen LogP contribution in [0.4, 0.5) is 0 Å². The van der Waals surface area contributed by atoms with Crippen LogP contribution >= 0.6 is 11.8 Å². The minimum absolute atomic E-state index is 0.105. The summed E-state index contributed by atoms with van der Waals surface area (Å²) < 4.78 is 5.29. The number of piperidine rings is 1. The Kier molecular flexibility index (Phi) is 7.95. The van der Waals surface area contributed by atoms with E-state index in [0.717, 1.165) is 12.1 Å². The molecule has 7 heteroatoms. The van der Waals surface area contributed by atoms with Crippen molar-refractivity contribution in [3.8, 4) is 5.75 Å². The molecule has 3 heterocycles. The van der Waals surface area contributed by atoms with Gasteiger partial charge in [-0.1, -0.05) is 42.5 Å². The lowest BCUT2D eigenvalue weighted by Gasteiger charge is -2.30. The number of rotatable bonds is 4. The maximum atomic E-state index is 12.5. The van der Waals surface area contributed by atoms with Crippen LogP contribution < -0.4 is 10.1 Å². The number of nitrogens with zero attached hydrogens (tertiary/aromatic N) is 2. The number of methoxy groups -OCH3 is 1. The standard InChI is InChI=1S/C15H16N2O3.C12H17NS/c1-9-6-7-12(14(18)16-9)17-8-11-10(15(17)19)4-3-5-13(11)20-2;1-11-2-4-12(5-3-11)10-13-6-8-14-9-7-13/h3-5,12H,1,6-8H2,2H3,(H,16,18);2-5H,6-10H2,1H3. The van der Waals surface area contributed by atoms with Gasteiger partial charge in [-0.25, -0.2) is 0 Å². The smallest absolute Gasteiger partial charge is 0.255 e. The third-order valence-electron chi connectivity index (χ3n) is 6.50. The molecule has 2 aromatic rings. The van der Waals surface area contributed by atoms with Crippen molar-refractivity contribution in [3.63, 3.8) is 0 Å². The monoisotopic (exact) mass is 479 g/mol. The van der Waals surface area contributed by atoms with Crippen LogP contribution in [0.2, 0.25) is 0 Å². The van der Waals surface area contributed by atoms with Gasteiger partial charge in [0.15, 0.2) is 0 Å². The Morgan fingerprint density at radius 1 is 1.12 bits per heavy atom. The maximum absolute atomic E-state index is 12.5. The molecule has 2 amide bonds. The van der Waals surface area contributed by atoms with Crippen molar-refractivity contribution in [2.45, 2.75) is 38.9 Å². The number of carbonyl (C=O) groups excluding carboxylic acids is 2. The third kappa shape index (κ3) is 5.65. The van der Waals surface area contributed by atoms with E-state index < -0.39 is 6.04 Å². The third-order valence-corrected chi connectivity index (χ3v) is 7.44. The molecule has 2 saturated heterocycles. The highest BCUT2D eigenvalue weighted by molar-refractivity contribution is 7.99. The predicted octanol–water partition coefficient (Wildman–Crippen LogP) is 3.99. The first kappa shape index (κ1) is 24.4. The SMILES string of the molecule is C=C1CCC(N2Cc3c(OC)cccc3C2=O)C(=O)N1.Cc1ccc(CN2CCSCC2)cc1. The number of benzene rings is 2. The quantitative estimate of drug-likeness (QED) is 0.719. The van der Waals surface area contributed by atoms with Crippen LogP contribution in [0.3, 0.4) is 0 Å². The summed E-state index contributed by atoms with van der Waals surface area (Å²) in [5, 5.41) is 2.72. The molecule has 0 aliphatic carbocycles. The number of hydrogen-bond acceptors (Lipinski definition) is 5. The second-order valence-corrected chi connectivity index (χ2v) is 10.2. The lowest BCUT2D eigenvalue weighted by atomic mass is 10.0. The van der Waals surface area contributed by atoms with Crippen molar-refractivity contribution < 1.29 is 14.3 Å².